The fourth-order valence-electron chi connectivity index (χ4n) is 3.31. The van der Waals surface area contributed by atoms with Crippen molar-refractivity contribution in [2.24, 2.45) is 0 Å². The molecule has 0 saturated heterocycles. The first-order valence-corrected chi connectivity index (χ1v) is 8.99. The fourth-order valence-corrected chi connectivity index (χ4v) is 3.31. The van der Waals surface area contributed by atoms with Gasteiger partial charge in [0.2, 0.25) is 0 Å². The summed E-state index contributed by atoms with van der Waals surface area (Å²) in [7, 11) is 0. The third-order valence-electron chi connectivity index (χ3n) is 4.75. The fraction of sp³-hybridized carbons (Fsp3) is 0.136. The zero-order valence-corrected chi connectivity index (χ0v) is 15.1. The van der Waals surface area contributed by atoms with Gasteiger partial charge in [0.15, 0.2) is 0 Å². The molecule has 1 N–H and O–H groups in total. The first-order valence-electron chi connectivity index (χ1n) is 8.99. The van der Waals surface area contributed by atoms with Crippen LogP contribution in [-0.4, -0.2) is 23.3 Å². The average molecular weight is 375 g/mol. The molecule has 1 aromatic heterocycles. The van der Waals surface area contributed by atoms with Crippen molar-refractivity contribution in [3.8, 4) is 0 Å². The third-order valence-corrected chi connectivity index (χ3v) is 4.75. The number of aromatic nitrogens is 1. The van der Waals surface area contributed by atoms with Crippen molar-refractivity contribution >= 4 is 17.5 Å². The molecule has 0 unspecified atom stereocenters. The summed E-state index contributed by atoms with van der Waals surface area (Å²) < 4.78 is 13.1. The summed E-state index contributed by atoms with van der Waals surface area (Å²) in [6, 6.07) is 14.8. The van der Waals surface area contributed by atoms with Crippen LogP contribution in [0, 0.1) is 5.82 Å². The van der Waals surface area contributed by atoms with Crippen molar-refractivity contribution in [1.29, 1.82) is 0 Å². The molecule has 6 heteroatoms. The molecule has 0 saturated carbocycles. The smallest absolute Gasteiger partial charge is 0.258 e. The van der Waals surface area contributed by atoms with Gasteiger partial charge in [0.1, 0.15) is 5.82 Å². The molecule has 1 aliphatic heterocycles. The molecule has 1 aliphatic rings. The van der Waals surface area contributed by atoms with Gasteiger partial charge in [0.05, 0.1) is 5.56 Å². The summed E-state index contributed by atoms with van der Waals surface area (Å²) in [6.07, 6.45) is 3.89. The number of hydrogen-bond acceptors (Lipinski definition) is 3. The van der Waals surface area contributed by atoms with Gasteiger partial charge in [-0.15, -0.1) is 0 Å². The van der Waals surface area contributed by atoms with Gasteiger partial charge < -0.3 is 10.2 Å². The molecular formula is C22H18FN3O2. The van der Waals surface area contributed by atoms with Crippen LogP contribution in [0.3, 0.4) is 0 Å². The molecule has 2 heterocycles. The normalized spacial score (nSPS) is 12.5. The van der Waals surface area contributed by atoms with E-state index in [1.807, 2.05) is 18.2 Å². The minimum Gasteiger partial charge on any atom is -0.348 e. The number of hydrogen-bond donors (Lipinski definition) is 1. The van der Waals surface area contributed by atoms with Gasteiger partial charge in [0, 0.05) is 36.7 Å². The van der Waals surface area contributed by atoms with E-state index in [0.29, 0.717) is 24.2 Å². The summed E-state index contributed by atoms with van der Waals surface area (Å²) in [5, 5.41) is 2.88. The second kappa shape index (κ2) is 7.60. The maximum atomic E-state index is 13.1. The van der Waals surface area contributed by atoms with Crippen LogP contribution in [0.15, 0.2) is 67.0 Å². The number of anilines is 1. The molecule has 0 radical (unpaired) electrons. The Hall–Kier alpha value is -3.54. The zero-order chi connectivity index (χ0) is 19.5. The largest absolute Gasteiger partial charge is 0.348 e. The number of pyridine rings is 1. The number of carbonyl (C=O) groups is 2. The maximum Gasteiger partial charge on any atom is 0.258 e. The molecule has 0 spiro atoms. The number of amides is 2. The summed E-state index contributed by atoms with van der Waals surface area (Å²) in [6.45, 7) is 0.976. The zero-order valence-electron chi connectivity index (χ0n) is 15.1. The Labute approximate surface area is 161 Å². The predicted molar refractivity (Wildman–Crippen MR) is 104 cm³/mol. The van der Waals surface area contributed by atoms with Crippen LogP contribution < -0.4 is 10.2 Å². The number of nitrogens with one attached hydrogen (secondary N) is 1. The summed E-state index contributed by atoms with van der Waals surface area (Å²) in [5.41, 5.74) is 3.86. The van der Waals surface area contributed by atoms with Gasteiger partial charge in [-0.3, -0.25) is 14.6 Å². The highest BCUT2D eigenvalue weighted by Gasteiger charge is 2.25. The van der Waals surface area contributed by atoms with E-state index in [4.69, 9.17) is 0 Å². The van der Waals surface area contributed by atoms with E-state index in [-0.39, 0.29) is 17.6 Å². The van der Waals surface area contributed by atoms with Crippen LogP contribution in [0.4, 0.5) is 10.1 Å². The molecule has 0 fully saturated rings. The number of rotatable bonds is 4. The quantitative estimate of drug-likeness (QED) is 0.761. The van der Waals surface area contributed by atoms with Gasteiger partial charge >= 0.3 is 0 Å². The molecule has 2 amide bonds. The number of benzene rings is 2. The number of halogens is 1. The van der Waals surface area contributed by atoms with E-state index in [9.17, 15) is 14.0 Å². The summed E-state index contributed by atoms with van der Waals surface area (Å²) in [4.78, 5) is 30.5. The van der Waals surface area contributed by atoms with Crippen molar-refractivity contribution in [2.45, 2.75) is 13.0 Å². The van der Waals surface area contributed by atoms with Crippen molar-refractivity contribution in [2.75, 3.05) is 11.4 Å². The third kappa shape index (κ3) is 3.62. The molecular weight excluding hydrogens is 357 g/mol. The monoisotopic (exact) mass is 375 g/mol. The van der Waals surface area contributed by atoms with Gasteiger partial charge in [-0.2, -0.15) is 0 Å². The second-order valence-electron chi connectivity index (χ2n) is 6.60. The van der Waals surface area contributed by atoms with E-state index in [1.54, 1.807) is 23.2 Å². The Kier molecular flexibility index (Phi) is 4.85. The van der Waals surface area contributed by atoms with Crippen LogP contribution >= 0.6 is 0 Å². The minimum absolute atomic E-state index is 0.142. The minimum atomic E-state index is -0.364. The van der Waals surface area contributed by atoms with E-state index < -0.39 is 0 Å². The van der Waals surface area contributed by atoms with E-state index >= 15 is 0 Å². The highest BCUT2D eigenvalue weighted by atomic mass is 19.1. The standard InChI is InChI=1S/C22H18FN3O2/c23-19-6-4-16(5-7-19)22(28)26-11-9-17-12-15(3-8-20(17)26)13-25-21(27)18-2-1-10-24-14-18/h1-8,10,12,14H,9,11,13H2,(H,25,27). The molecule has 28 heavy (non-hydrogen) atoms. The van der Waals surface area contributed by atoms with Crippen LogP contribution in [0.2, 0.25) is 0 Å². The molecule has 3 aromatic rings. The molecule has 4 rings (SSSR count). The summed E-state index contributed by atoms with van der Waals surface area (Å²) >= 11 is 0. The van der Waals surface area contributed by atoms with Gasteiger partial charge in [0.25, 0.3) is 11.8 Å². The van der Waals surface area contributed by atoms with Crippen LogP contribution in [0.5, 0.6) is 0 Å². The van der Waals surface area contributed by atoms with Crippen molar-refractivity contribution in [3.05, 3.63) is 95.1 Å². The van der Waals surface area contributed by atoms with Crippen molar-refractivity contribution in [1.82, 2.24) is 10.3 Å². The van der Waals surface area contributed by atoms with Gasteiger partial charge in [-0.05, 0) is 60.0 Å². The predicted octanol–water partition coefficient (Wildman–Crippen LogP) is 3.35. The molecule has 0 aliphatic carbocycles. The van der Waals surface area contributed by atoms with E-state index in [1.165, 1.54) is 30.5 Å². The van der Waals surface area contributed by atoms with Gasteiger partial charge in [-0.1, -0.05) is 12.1 Å². The van der Waals surface area contributed by atoms with E-state index in [0.717, 1.165) is 23.2 Å². The molecule has 0 atom stereocenters. The van der Waals surface area contributed by atoms with Gasteiger partial charge in [-0.25, -0.2) is 4.39 Å². The lowest BCUT2D eigenvalue weighted by molar-refractivity contribution is 0.0949. The van der Waals surface area contributed by atoms with Crippen molar-refractivity contribution in [3.63, 3.8) is 0 Å². The first kappa shape index (κ1) is 17.9. The Morgan fingerprint density at radius 1 is 1.07 bits per heavy atom. The Bertz CT molecular complexity index is 1020. The lowest BCUT2D eigenvalue weighted by Crippen LogP contribution is -2.28. The van der Waals surface area contributed by atoms with Crippen LogP contribution in [0.1, 0.15) is 31.8 Å². The highest BCUT2D eigenvalue weighted by molar-refractivity contribution is 6.07. The number of nitrogens with zero attached hydrogens (tertiary/aromatic N) is 2. The topological polar surface area (TPSA) is 62.3 Å². The maximum absolute atomic E-state index is 13.1. The Morgan fingerprint density at radius 2 is 1.89 bits per heavy atom. The Balaban J connectivity index is 1.45. The second-order valence-corrected chi connectivity index (χ2v) is 6.60. The summed E-state index contributed by atoms with van der Waals surface area (Å²) in [5.74, 6) is -0.686. The number of carbonyl (C=O) groups excluding carboxylic acids is 2. The van der Waals surface area contributed by atoms with Crippen molar-refractivity contribution < 1.29 is 14.0 Å². The van der Waals surface area contributed by atoms with Crippen LogP contribution in [-0.2, 0) is 13.0 Å². The lowest BCUT2D eigenvalue weighted by Gasteiger charge is -2.17. The highest BCUT2D eigenvalue weighted by Crippen LogP contribution is 2.30. The SMILES string of the molecule is O=C(NCc1ccc2c(c1)CCN2C(=O)c1ccc(F)cc1)c1cccnc1. The Morgan fingerprint density at radius 3 is 2.64 bits per heavy atom. The molecule has 140 valence electrons. The molecule has 2 aromatic carbocycles. The lowest BCUT2D eigenvalue weighted by atomic mass is 10.1. The van der Waals surface area contributed by atoms with E-state index in [2.05, 4.69) is 10.3 Å². The molecule has 5 nitrogen and oxygen atoms in total. The first-order chi connectivity index (χ1) is 13.6. The van der Waals surface area contributed by atoms with Crippen LogP contribution in [0.25, 0.3) is 0 Å². The number of fused-ring (bicyclic) bond motifs is 1. The molecule has 0 bridgehead atoms. The average Bonchev–Trinajstić information content (AvgIpc) is 3.16.